The zero-order valence-electron chi connectivity index (χ0n) is 18.1. The fourth-order valence-electron chi connectivity index (χ4n) is 3.65. The number of aryl methyl sites for hydroxylation is 1. The minimum absolute atomic E-state index is 0.0726. The van der Waals surface area contributed by atoms with Gasteiger partial charge in [-0.05, 0) is 72.9 Å². The second-order valence-electron chi connectivity index (χ2n) is 7.61. The molecule has 3 rings (SSSR count). The molecule has 8 heteroatoms. The second-order valence-corrected chi connectivity index (χ2v) is 9.88. The number of hydrogen-bond acceptors (Lipinski definition) is 4. The molecule has 6 nitrogen and oxygen atoms in total. The van der Waals surface area contributed by atoms with Gasteiger partial charge < -0.3 is 5.11 Å². The second kappa shape index (κ2) is 9.81. The SMILES string of the molecule is Cc1cnccc1-c1cccc(C(C)N(CCC(=O)O)S(=O)(=O)c2cccc(Cl)c2C)c1. The van der Waals surface area contributed by atoms with Crippen molar-refractivity contribution in [3.05, 3.63) is 82.6 Å². The molecule has 0 bridgehead atoms. The summed E-state index contributed by atoms with van der Waals surface area (Å²) in [4.78, 5) is 15.5. The van der Waals surface area contributed by atoms with Crippen LogP contribution < -0.4 is 0 Å². The van der Waals surface area contributed by atoms with E-state index < -0.39 is 22.0 Å². The van der Waals surface area contributed by atoms with Crippen LogP contribution in [-0.2, 0) is 14.8 Å². The molecule has 0 spiro atoms. The number of aliphatic carboxylic acids is 1. The molecule has 0 aliphatic heterocycles. The molecule has 0 saturated heterocycles. The van der Waals surface area contributed by atoms with Gasteiger partial charge in [0.25, 0.3) is 0 Å². The molecule has 0 saturated carbocycles. The predicted molar refractivity (Wildman–Crippen MR) is 125 cm³/mol. The van der Waals surface area contributed by atoms with Gasteiger partial charge in [0.1, 0.15) is 0 Å². The van der Waals surface area contributed by atoms with Gasteiger partial charge in [0.15, 0.2) is 0 Å². The van der Waals surface area contributed by atoms with Crippen molar-refractivity contribution in [2.75, 3.05) is 6.54 Å². The summed E-state index contributed by atoms with van der Waals surface area (Å²) >= 11 is 6.17. The third-order valence-electron chi connectivity index (χ3n) is 5.48. The van der Waals surface area contributed by atoms with Crippen molar-refractivity contribution in [1.82, 2.24) is 9.29 Å². The summed E-state index contributed by atoms with van der Waals surface area (Å²) in [5.74, 6) is -1.07. The monoisotopic (exact) mass is 472 g/mol. The Hall–Kier alpha value is -2.74. The maximum atomic E-state index is 13.6. The molecule has 1 heterocycles. The Morgan fingerprint density at radius 2 is 1.88 bits per heavy atom. The number of nitrogens with zero attached hydrogens (tertiary/aromatic N) is 2. The Balaban J connectivity index is 2.07. The normalized spacial score (nSPS) is 12.7. The van der Waals surface area contributed by atoms with Crippen molar-refractivity contribution >= 4 is 27.6 Å². The summed E-state index contributed by atoms with van der Waals surface area (Å²) in [7, 11) is -4.01. The van der Waals surface area contributed by atoms with E-state index in [1.165, 1.54) is 10.4 Å². The standard InChI is InChI=1S/C24H25ClN2O4S/c1-16-15-26-12-10-21(16)20-7-4-6-19(14-20)18(3)27(13-11-24(28)29)32(30,31)23-9-5-8-22(25)17(23)2/h4-10,12,14-15,18H,11,13H2,1-3H3,(H,28,29). The summed E-state index contributed by atoms with van der Waals surface area (Å²) in [6.07, 6.45) is 3.17. The molecule has 3 aromatic rings. The van der Waals surface area contributed by atoms with Crippen LogP contribution in [0.25, 0.3) is 11.1 Å². The lowest BCUT2D eigenvalue weighted by atomic mass is 9.98. The number of carboxylic acid groups (broad SMARTS) is 1. The first-order valence-corrected chi connectivity index (χ1v) is 11.9. The molecule has 168 valence electrons. The molecule has 1 aromatic heterocycles. The Bertz CT molecular complexity index is 1240. The summed E-state index contributed by atoms with van der Waals surface area (Å²) < 4.78 is 28.5. The van der Waals surface area contributed by atoms with Crippen LogP contribution in [0.5, 0.6) is 0 Å². The first kappa shape index (κ1) is 23.9. The number of carbonyl (C=O) groups is 1. The highest BCUT2D eigenvalue weighted by Crippen LogP contribution is 2.33. The van der Waals surface area contributed by atoms with Crippen LogP contribution >= 0.6 is 11.6 Å². The third-order valence-corrected chi connectivity index (χ3v) is 8.01. The molecule has 32 heavy (non-hydrogen) atoms. The van der Waals surface area contributed by atoms with Gasteiger partial charge >= 0.3 is 5.97 Å². The Kier molecular flexibility index (Phi) is 7.33. The number of hydrogen-bond donors (Lipinski definition) is 1. The van der Waals surface area contributed by atoms with Crippen molar-refractivity contribution in [1.29, 1.82) is 0 Å². The summed E-state index contributed by atoms with van der Waals surface area (Å²) in [5.41, 5.74) is 4.13. The first-order chi connectivity index (χ1) is 15.1. The minimum atomic E-state index is -4.01. The highest BCUT2D eigenvalue weighted by atomic mass is 35.5. The van der Waals surface area contributed by atoms with Gasteiger partial charge in [-0.2, -0.15) is 4.31 Å². The van der Waals surface area contributed by atoms with Crippen LogP contribution in [0.15, 0.2) is 65.8 Å². The van der Waals surface area contributed by atoms with E-state index in [1.54, 1.807) is 38.4 Å². The summed E-state index contributed by atoms with van der Waals surface area (Å²) in [5, 5.41) is 9.56. The fraction of sp³-hybridized carbons (Fsp3) is 0.250. The van der Waals surface area contributed by atoms with Crippen LogP contribution in [-0.4, -0.2) is 35.3 Å². The lowest BCUT2D eigenvalue weighted by molar-refractivity contribution is -0.137. The highest BCUT2D eigenvalue weighted by Gasteiger charge is 2.32. The van der Waals surface area contributed by atoms with Gasteiger partial charge in [0, 0.05) is 30.0 Å². The largest absolute Gasteiger partial charge is 0.481 e. The van der Waals surface area contributed by atoms with Gasteiger partial charge in [-0.1, -0.05) is 35.9 Å². The van der Waals surface area contributed by atoms with E-state index in [1.807, 2.05) is 37.3 Å². The molecule has 0 aliphatic carbocycles. The van der Waals surface area contributed by atoms with Crippen LogP contribution in [0.4, 0.5) is 0 Å². The molecular formula is C24H25ClN2O4S. The zero-order chi connectivity index (χ0) is 23.5. The minimum Gasteiger partial charge on any atom is -0.481 e. The number of sulfonamides is 1. The summed E-state index contributed by atoms with van der Waals surface area (Å²) in [6, 6.07) is 13.6. The first-order valence-electron chi connectivity index (χ1n) is 10.1. The molecule has 1 atom stereocenters. The molecule has 2 aromatic carbocycles. The van der Waals surface area contributed by atoms with E-state index >= 15 is 0 Å². The van der Waals surface area contributed by atoms with Crippen molar-refractivity contribution in [3.63, 3.8) is 0 Å². The molecule has 0 amide bonds. The third kappa shape index (κ3) is 5.01. The predicted octanol–water partition coefficient (Wildman–Crippen LogP) is 5.25. The fourth-order valence-corrected chi connectivity index (χ4v) is 5.75. The van der Waals surface area contributed by atoms with Crippen LogP contribution in [0.1, 0.15) is 36.1 Å². The average molecular weight is 473 g/mol. The van der Waals surface area contributed by atoms with Crippen LogP contribution in [0.3, 0.4) is 0 Å². The van der Waals surface area contributed by atoms with Crippen molar-refractivity contribution in [3.8, 4) is 11.1 Å². The lowest BCUT2D eigenvalue weighted by Gasteiger charge is -2.29. The number of aromatic nitrogens is 1. The van der Waals surface area contributed by atoms with Crippen molar-refractivity contribution in [2.24, 2.45) is 0 Å². The molecule has 1 N–H and O–H groups in total. The average Bonchev–Trinajstić information content (AvgIpc) is 2.75. The smallest absolute Gasteiger partial charge is 0.304 e. The maximum Gasteiger partial charge on any atom is 0.304 e. The van der Waals surface area contributed by atoms with E-state index in [2.05, 4.69) is 4.98 Å². The lowest BCUT2D eigenvalue weighted by Crippen LogP contribution is -2.35. The molecule has 0 radical (unpaired) electrons. The van der Waals surface area contributed by atoms with Gasteiger partial charge in [-0.15, -0.1) is 0 Å². The molecular weight excluding hydrogens is 448 g/mol. The number of halogens is 1. The molecule has 1 unspecified atom stereocenters. The maximum absolute atomic E-state index is 13.6. The van der Waals surface area contributed by atoms with E-state index in [9.17, 15) is 18.3 Å². The van der Waals surface area contributed by atoms with Gasteiger partial charge in [-0.3, -0.25) is 9.78 Å². The van der Waals surface area contributed by atoms with Gasteiger partial charge in [0.2, 0.25) is 10.0 Å². The quantitative estimate of drug-likeness (QED) is 0.484. The van der Waals surface area contributed by atoms with Crippen LogP contribution in [0.2, 0.25) is 5.02 Å². The number of pyridine rings is 1. The Labute approximate surface area is 193 Å². The number of benzene rings is 2. The van der Waals surface area contributed by atoms with E-state index in [0.29, 0.717) is 10.6 Å². The van der Waals surface area contributed by atoms with Crippen LogP contribution in [0, 0.1) is 13.8 Å². The van der Waals surface area contributed by atoms with Gasteiger partial charge in [-0.25, -0.2) is 8.42 Å². The van der Waals surface area contributed by atoms with E-state index in [-0.39, 0.29) is 17.9 Å². The van der Waals surface area contributed by atoms with E-state index in [4.69, 9.17) is 11.6 Å². The number of rotatable bonds is 8. The Morgan fingerprint density at radius 1 is 1.16 bits per heavy atom. The Morgan fingerprint density at radius 3 is 2.56 bits per heavy atom. The van der Waals surface area contributed by atoms with Gasteiger partial charge in [0.05, 0.1) is 11.3 Å². The highest BCUT2D eigenvalue weighted by molar-refractivity contribution is 7.89. The zero-order valence-corrected chi connectivity index (χ0v) is 19.7. The number of carboxylic acids is 1. The summed E-state index contributed by atoms with van der Waals surface area (Å²) in [6.45, 7) is 5.20. The van der Waals surface area contributed by atoms with E-state index in [0.717, 1.165) is 22.3 Å². The molecule has 0 fully saturated rings. The van der Waals surface area contributed by atoms with Crippen molar-refractivity contribution < 1.29 is 18.3 Å². The molecule has 0 aliphatic rings. The topological polar surface area (TPSA) is 87.6 Å². The van der Waals surface area contributed by atoms with Crippen molar-refractivity contribution in [2.45, 2.75) is 38.1 Å².